The molecule has 8 nitrogen and oxygen atoms in total. The van der Waals surface area contributed by atoms with E-state index in [-0.39, 0.29) is 23.4 Å². The van der Waals surface area contributed by atoms with Gasteiger partial charge < -0.3 is 25.0 Å². The van der Waals surface area contributed by atoms with Gasteiger partial charge in [-0.3, -0.25) is 9.78 Å². The van der Waals surface area contributed by atoms with E-state index in [0.29, 0.717) is 31.1 Å². The first-order valence-corrected chi connectivity index (χ1v) is 10.7. The lowest BCUT2D eigenvalue weighted by Crippen LogP contribution is -2.48. The van der Waals surface area contributed by atoms with Gasteiger partial charge in [0.05, 0.1) is 32.4 Å². The predicted octanol–water partition coefficient (Wildman–Crippen LogP) is 2.94. The molecule has 0 saturated carbocycles. The first kappa shape index (κ1) is 23.4. The summed E-state index contributed by atoms with van der Waals surface area (Å²) < 4.78 is 11.1. The maximum absolute atomic E-state index is 13.2. The third-order valence-electron chi connectivity index (χ3n) is 5.43. The fourth-order valence-corrected chi connectivity index (χ4v) is 3.97. The van der Waals surface area contributed by atoms with E-state index in [1.165, 1.54) is 0 Å². The summed E-state index contributed by atoms with van der Waals surface area (Å²) in [7, 11) is 3.16. The Hall–Kier alpha value is -3.29. The van der Waals surface area contributed by atoms with Crippen molar-refractivity contribution in [1.29, 1.82) is 0 Å². The lowest BCUT2D eigenvalue weighted by atomic mass is 9.87. The van der Waals surface area contributed by atoms with Crippen molar-refractivity contribution in [3.8, 4) is 11.5 Å². The highest BCUT2D eigenvalue weighted by Crippen LogP contribution is 2.42. The molecule has 1 aromatic carbocycles. The number of rotatable bonds is 6. The Morgan fingerprint density at radius 1 is 1.09 bits per heavy atom. The molecule has 1 aliphatic rings. The number of amides is 3. The second-order valence-electron chi connectivity index (χ2n) is 8.92. The van der Waals surface area contributed by atoms with Crippen molar-refractivity contribution < 1.29 is 19.1 Å². The second-order valence-corrected chi connectivity index (χ2v) is 8.92. The molecule has 2 aromatic rings. The standard InChI is InChI=1S/C24H32N4O4/c1-24(2,3)27-23(30)28-14-18(17-10-8-11-20(31-4)21(17)32-5)19(15-28)22(29)26-13-16-9-6-7-12-25-16/h6-12,18-19H,13-15H2,1-5H3,(H,26,29)(H,27,30). The Morgan fingerprint density at radius 3 is 2.50 bits per heavy atom. The molecule has 2 unspecified atom stereocenters. The number of methoxy groups -OCH3 is 2. The number of urea groups is 1. The summed E-state index contributed by atoms with van der Waals surface area (Å²) in [6, 6.07) is 11.0. The molecule has 2 heterocycles. The minimum absolute atomic E-state index is 0.128. The number of nitrogens with one attached hydrogen (secondary N) is 2. The molecule has 3 amide bonds. The molecule has 0 bridgehead atoms. The van der Waals surface area contributed by atoms with Gasteiger partial charge in [-0.1, -0.05) is 18.2 Å². The van der Waals surface area contributed by atoms with Gasteiger partial charge in [0.25, 0.3) is 0 Å². The maximum Gasteiger partial charge on any atom is 0.317 e. The number of pyridine rings is 1. The highest BCUT2D eigenvalue weighted by atomic mass is 16.5. The van der Waals surface area contributed by atoms with E-state index < -0.39 is 5.92 Å². The lowest BCUT2D eigenvalue weighted by molar-refractivity contribution is -0.125. The van der Waals surface area contributed by atoms with E-state index in [0.717, 1.165) is 11.3 Å². The molecule has 3 rings (SSSR count). The van der Waals surface area contributed by atoms with Crippen LogP contribution >= 0.6 is 0 Å². The zero-order valence-corrected chi connectivity index (χ0v) is 19.3. The summed E-state index contributed by atoms with van der Waals surface area (Å²) in [6.45, 7) is 6.82. The van der Waals surface area contributed by atoms with Crippen molar-refractivity contribution in [3.63, 3.8) is 0 Å². The maximum atomic E-state index is 13.2. The van der Waals surface area contributed by atoms with Crippen molar-refractivity contribution in [2.75, 3.05) is 27.3 Å². The molecule has 1 aromatic heterocycles. The van der Waals surface area contributed by atoms with Crippen LogP contribution in [0.4, 0.5) is 4.79 Å². The zero-order valence-electron chi connectivity index (χ0n) is 19.3. The summed E-state index contributed by atoms with van der Waals surface area (Å²) in [6.07, 6.45) is 1.69. The van der Waals surface area contributed by atoms with Crippen LogP contribution in [0.5, 0.6) is 11.5 Å². The molecule has 1 fully saturated rings. The van der Waals surface area contributed by atoms with Crippen LogP contribution in [0.1, 0.15) is 37.9 Å². The molecule has 1 saturated heterocycles. The summed E-state index contributed by atoms with van der Waals surface area (Å²) in [5, 5.41) is 5.97. The Morgan fingerprint density at radius 2 is 1.88 bits per heavy atom. The fraction of sp³-hybridized carbons (Fsp3) is 0.458. The van der Waals surface area contributed by atoms with Crippen molar-refractivity contribution >= 4 is 11.9 Å². The van der Waals surface area contributed by atoms with Crippen LogP contribution < -0.4 is 20.1 Å². The van der Waals surface area contributed by atoms with Crippen LogP contribution in [0.15, 0.2) is 42.6 Å². The average Bonchev–Trinajstić information content (AvgIpc) is 3.22. The minimum Gasteiger partial charge on any atom is -0.493 e. The van der Waals surface area contributed by atoms with E-state index in [9.17, 15) is 9.59 Å². The third-order valence-corrected chi connectivity index (χ3v) is 5.43. The highest BCUT2D eigenvalue weighted by molar-refractivity contribution is 5.83. The van der Waals surface area contributed by atoms with E-state index >= 15 is 0 Å². The number of carbonyl (C=O) groups is 2. The molecule has 172 valence electrons. The monoisotopic (exact) mass is 440 g/mol. The number of likely N-dealkylation sites (tertiary alicyclic amines) is 1. The van der Waals surface area contributed by atoms with E-state index in [2.05, 4.69) is 15.6 Å². The smallest absolute Gasteiger partial charge is 0.317 e. The van der Waals surface area contributed by atoms with Crippen molar-refractivity contribution in [2.45, 2.75) is 38.8 Å². The van der Waals surface area contributed by atoms with Gasteiger partial charge in [0.15, 0.2) is 11.5 Å². The predicted molar refractivity (Wildman–Crippen MR) is 122 cm³/mol. The second kappa shape index (κ2) is 9.89. The normalized spacial score (nSPS) is 18.2. The molecule has 2 atom stereocenters. The van der Waals surface area contributed by atoms with Gasteiger partial charge in [-0.25, -0.2) is 4.79 Å². The van der Waals surface area contributed by atoms with E-state index in [4.69, 9.17) is 9.47 Å². The number of carbonyl (C=O) groups excluding carboxylic acids is 2. The van der Waals surface area contributed by atoms with Gasteiger partial charge in [-0.2, -0.15) is 0 Å². The summed E-state index contributed by atoms with van der Waals surface area (Å²) in [4.78, 5) is 32.1. The Bertz CT molecular complexity index is 943. The van der Waals surface area contributed by atoms with E-state index in [1.807, 2.05) is 57.2 Å². The van der Waals surface area contributed by atoms with Gasteiger partial charge in [0.2, 0.25) is 5.91 Å². The molecule has 0 aliphatic carbocycles. The van der Waals surface area contributed by atoms with Crippen molar-refractivity contribution in [1.82, 2.24) is 20.5 Å². The van der Waals surface area contributed by atoms with Crippen LogP contribution in [0.2, 0.25) is 0 Å². The van der Waals surface area contributed by atoms with Crippen molar-refractivity contribution in [2.24, 2.45) is 5.92 Å². The van der Waals surface area contributed by atoms with Gasteiger partial charge in [0.1, 0.15) is 0 Å². The molecule has 1 aliphatic heterocycles. The number of para-hydroxylation sites is 1. The minimum atomic E-state index is -0.439. The summed E-state index contributed by atoms with van der Waals surface area (Å²) >= 11 is 0. The average molecular weight is 441 g/mol. The number of benzene rings is 1. The SMILES string of the molecule is COc1cccc(C2CN(C(=O)NC(C)(C)C)CC2C(=O)NCc2ccccn2)c1OC. The summed E-state index contributed by atoms with van der Waals surface area (Å²) in [5.41, 5.74) is 1.24. The van der Waals surface area contributed by atoms with Gasteiger partial charge in [-0.05, 0) is 39.0 Å². The zero-order chi connectivity index (χ0) is 23.3. The Balaban J connectivity index is 1.87. The first-order chi connectivity index (χ1) is 15.2. The molecule has 32 heavy (non-hydrogen) atoms. The molecule has 0 radical (unpaired) electrons. The lowest BCUT2D eigenvalue weighted by Gasteiger charge is -2.25. The largest absolute Gasteiger partial charge is 0.493 e. The Kier molecular flexibility index (Phi) is 7.22. The van der Waals surface area contributed by atoms with Gasteiger partial charge in [0, 0.05) is 36.3 Å². The molecular weight excluding hydrogens is 408 g/mol. The number of nitrogens with zero attached hydrogens (tertiary/aromatic N) is 2. The van der Waals surface area contributed by atoms with Crippen LogP contribution in [-0.4, -0.2) is 54.7 Å². The number of hydrogen-bond donors (Lipinski definition) is 2. The molecule has 0 spiro atoms. The Labute approximate surface area is 189 Å². The highest BCUT2D eigenvalue weighted by Gasteiger charge is 2.42. The van der Waals surface area contributed by atoms with E-state index in [1.54, 1.807) is 25.3 Å². The molecular formula is C24H32N4O4. The van der Waals surface area contributed by atoms with Gasteiger partial charge in [-0.15, -0.1) is 0 Å². The van der Waals surface area contributed by atoms with Crippen LogP contribution in [0.25, 0.3) is 0 Å². The first-order valence-electron chi connectivity index (χ1n) is 10.7. The van der Waals surface area contributed by atoms with Crippen LogP contribution in [0, 0.1) is 5.92 Å². The third kappa shape index (κ3) is 5.49. The fourth-order valence-electron chi connectivity index (χ4n) is 3.97. The number of hydrogen-bond acceptors (Lipinski definition) is 5. The van der Waals surface area contributed by atoms with Gasteiger partial charge >= 0.3 is 6.03 Å². The molecule has 2 N–H and O–H groups in total. The topological polar surface area (TPSA) is 92.8 Å². The molecule has 8 heteroatoms. The van der Waals surface area contributed by atoms with Crippen LogP contribution in [-0.2, 0) is 11.3 Å². The summed E-state index contributed by atoms with van der Waals surface area (Å²) in [5.74, 6) is 0.368. The number of ether oxygens (including phenoxy) is 2. The van der Waals surface area contributed by atoms with Crippen LogP contribution in [0.3, 0.4) is 0 Å². The van der Waals surface area contributed by atoms with Crippen molar-refractivity contribution in [3.05, 3.63) is 53.9 Å². The quantitative estimate of drug-likeness (QED) is 0.721. The number of aromatic nitrogens is 1.